The molecular formula is C11H10BrN2S+. The number of rotatable bonds is 1. The smallest absolute Gasteiger partial charge is 0.261 e. The Morgan fingerprint density at radius 2 is 2.07 bits per heavy atom. The minimum Gasteiger partial charge on any atom is -0.261 e. The van der Waals surface area contributed by atoms with Crippen molar-refractivity contribution in [1.82, 2.24) is 0 Å². The molecule has 15 heavy (non-hydrogen) atoms. The SMILES string of the molecule is Brc1ccc(-c2csc3[n+]2CCN3)cc1. The van der Waals surface area contributed by atoms with Crippen LogP contribution >= 0.6 is 27.3 Å². The molecular weight excluding hydrogens is 272 g/mol. The maximum Gasteiger partial charge on any atom is 0.334 e. The van der Waals surface area contributed by atoms with E-state index < -0.39 is 0 Å². The molecule has 0 unspecified atom stereocenters. The summed E-state index contributed by atoms with van der Waals surface area (Å²) in [6, 6.07) is 8.47. The van der Waals surface area contributed by atoms with E-state index >= 15 is 0 Å². The van der Waals surface area contributed by atoms with Gasteiger partial charge in [0.1, 0.15) is 18.8 Å². The quantitative estimate of drug-likeness (QED) is 0.795. The van der Waals surface area contributed by atoms with Crippen LogP contribution in [-0.2, 0) is 6.54 Å². The summed E-state index contributed by atoms with van der Waals surface area (Å²) in [6.07, 6.45) is 0. The van der Waals surface area contributed by atoms with Gasteiger partial charge in [-0.05, 0) is 24.3 Å². The number of hydrogen-bond donors (Lipinski definition) is 1. The highest BCUT2D eigenvalue weighted by molar-refractivity contribution is 9.10. The standard InChI is InChI=1S/C11H9BrN2S/c12-9-3-1-8(2-4-9)10-7-15-11-13-5-6-14(10)11/h1-4,7H,5-6H2/p+1. The Hall–Kier alpha value is -0.870. The lowest BCUT2D eigenvalue weighted by Gasteiger charge is -1.98. The molecule has 0 saturated carbocycles. The molecule has 76 valence electrons. The molecule has 3 rings (SSSR count). The second-order valence-corrected chi connectivity index (χ2v) is 5.29. The van der Waals surface area contributed by atoms with Crippen molar-refractivity contribution >= 4 is 32.4 Å². The molecule has 0 amide bonds. The van der Waals surface area contributed by atoms with E-state index in [0.717, 1.165) is 17.6 Å². The molecule has 1 aliphatic heterocycles. The lowest BCUT2D eigenvalue weighted by molar-refractivity contribution is -0.655. The van der Waals surface area contributed by atoms with Crippen molar-refractivity contribution in [2.24, 2.45) is 0 Å². The van der Waals surface area contributed by atoms with Gasteiger partial charge in [-0.3, -0.25) is 5.32 Å². The normalized spacial score (nSPS) is 13.7. The van der Waals surface area contributed by atoms with Crippen LogP contribution in [0.3, 0.4) is 0 Å². The summed E-state index contributed by atoms with van der Waals surface area (Å²) in [7, 11) is 0. The third-order valence-corrected chi connectivity index (χ3v) is 4.03. The fourth-order valence-electron chi connectivity index (χ4n) is 1.83. The van der Waals surface area contributed by atoms with Gasteiger partial charge in [0, 0.05) is 15.4 Å². The van der Waals surface area contributed by atoms with Crippen LogP contribution in [0.2, 0.25) is 0 Å². The van der Waals surface area contributed by atoms with Gasteiger partial charge in [-0.1, -0.05) is 27.3 Å². The second-order valence-electron chi connectivity index (χ2n) is 3.51. The van der Waals surface area contributed by atoms with Crippen LogP contribution in [0.25, 0.3) is 11.3 Å². The summed E-state index contributed by atoms with van der Waals surface area (Å²) >= 11 is 5.23. The summed E-state index contributed by atoms with van der Waals surface area (Å²) in [5.74, 6) is 0. The van der Waals surface area contributed by atoms with Crippen molar-refractivity contribution < 1.29 is 4.57 Å². The van der Waals surface area contributed by atoms with Crippen LogP contribution in [0.15, 0.2) is 34.1 Å². The van der Waals surface area contributed by atoms with Gasteiger partial charge in [-0.15, -0.1) is 0 Å². The van der Waals surface area contributed by atoms with Crippen LogP contribution < -0.4 is 9.88 Å². The molecule has 2 heterocycles. The van der Waals surface area contributed by atoms with E-state index in [2.05, 4.69) is 55.5 Å². The van der Waals surface area contributed by atoms with E-state index in [1.165, 1.54) is 16.4 Å². The molecule has 2 aromatic rings. The van der Waals surface area contributed by atoms with Gasteiger partial charge in [0.15, 0.2) is 0 Å². The topological polar surface area (TPSA) is 15.9 Å². The molecule has 0 aliphatic carbocycles. The average molecular weight is 282 g/mol. The van der Waals surface area contributed by atoms with E-state index in [4.69, 9.17) is 0 Å². The number of anilines is 1. The molecule has 0 spiro atoms. The largest absolute Gasteiger partial charge is 0.334 e. The molecule has 0 atom stereocenters. The average Bonchev–Trinajstić information content (AvgIpc) is 2.80. The van der Waals surface area contributed by atoms with Crippen LogP contribution in [0.5, 0.6) is 0 Å². The van der Waals surface area contributed by atoms with Crippen molar-refractivity contribution in [3.63, 3.8) is 0 Å². The molecule has 2 nitrogen and oxygen atoms in total. The van der Waals surface area contributed by atoms with Gasteiger partial charge in [0.2, 0.25) is 0 Å². The third kappa shape index (κ3) is 1.58. The van der Waals surface area contributed by atoms with Crippen LogP contribution in [0, 0.1) is 0 Å². The van der Waals surface area contributed by atoms with Gasteiger partial charge in [-0.2, -0.15) is 0 Å². The monoisotopic (exact) mass is 281 g/mol. The number of benzene rings is 1. The van der Waals surface area contributed by atoms with Crippen molar-refractivity contribution in [3.05, 3.63) is 34.1 Å². The number of nitrogens with zero attached hydrogens (tertiary/aromatic N) is 1. The van der Waals surface area contributed by atoms with Crippen molar-refractivity contribution in [1.29, 1.82) is 0 Å². The zero-order valence-corrected chi connectivity index (χ0v) is 10.4. The van der Waals surface area contributed by atoms with E-state index in [0.29, 0.717) is 0 Å². The Labute approximate surface area is 101 Å². The van der Waals surface area contributed by atoms with Gasteiger partial charge >= 0.3 is 5.13 Å². The predicted octanol–water partition coefficient (Wildman–Crippen LogP) is 2.89. The number of aromatic nitrogens is 1. The number of fused-ring (bicyclic) bond motifs is 1. The van der Waals surface area contributed by atoms with Gasteiger partial charge in [-0.25, -0.2) is 4.57 Å². The molecule has 0 saturated heterocycles. The number of hydrogen-bond acceptors (Lipinski definition) is 2. The lowest BCUT2D eigenvalue weighted by Crippen LogP contribution is -2.30. The fourth-order valence-corrected chi connectivity index (χ4v) is 3.08. The third-order valence-electron chi connectivity index (χ3n) is 2.57. The van der Waals surface area contributed by atoms with Crippen molar-refractivity contribution in [2.45, 2.75) is 6.54 Å². The van der Waals surface area contributed by atoms with E-state index in [1.54, 1.807) is 11.3 Å². The minimum absolute atomic E-state index is 1.05. The molecule has 1 aromatic heterocycles. The summed E-state index contributed by atoms with van der Waals surface area (Å²) in [4.78, 5) is 0. The first-order valence-electron chi connectivity index (χ1n) is 4.86. The van der Waals surface area contributed by atoms with Crippen molar-refractivity contribution in [2.75, 3.05) is 11.9 Å². The highest BCUT2D eigenvalue weighted by Gasteiger charge is 2.23. The molecule has 0 radical (unpaired) electrons. The number of nitrogens with one attached hydrogen (secondary N) is 1. The van der Waals surface area contributed by atoms with E-state index in [9.17, 15) is 0 Å². The predicted molar refractivity (Wildman–Crippen MR) is 66.1 cm³/mol. The Balaban J connectivity index is 2.09. The van der Waals surface area contributed by atoms with Crippen LogP contribution in [0.1, 0.15) is 0 Å². The number of halogens is 1. The molecule has 1 N–H and O–H groups in total. The zero-order chi connectivity index (χ0) is 10.3. The van der Waals surface area contributed by atoms with Crippen LogP contribution in [0.4, 0.5) is 5.13 Å². The Kier molecular flexibility index (Phi) is 2.25. The highest BCUT2D eigenvalue weighted by Crippen LogP contribution is 2.26. The first kappa shape index (κ1) is 9.36. The Bertz CT molecular complexity index is 490. The zero-order valence-electron chi connectivity index (χ0n) is 8.03. The van der Waals surface area contributed by atoms with Crippen LogP contribution in [-0.4, -0.2) is 6.54 Å². The fraction of sp³-hybridized carbons (Fsp3) is 0.182. The minimum atomic E-state index is 1.05. The second kappa shape index (κ2) is 3.61. The molecule has 0 fully saturated rings. The first-order chi connectivity index (χ1) is 7.34. The summed E-state index contributed by atoms with van der Waals surface area (Å²) < 4.78 is 3.47. The molecule has 1 aromatic carbocycles. The maximum atomic E-state index is 3.45. The summed E-state index contributed by atoms with van der Waals surface area (Å²) in [5, 5.41) is 6.86. The number of thiazole rings is 1. The Morgan fingerprint density at radius 3 is 2.87 bits per heavy atom. The van der Waals surface area contributed by atoms with Gasteiger partial charge in [0.05, 0.1) is 0 Å². The van der Waals surface area contributed by atoms with Crippen molar-refractivity contribution in [3.8, 4) is 11.3 Å². The maximum absolute atomic E-state index is 3.45. The summed E-state index contributed by atoms with van der Waals surface area (Å²) in [6.45, 7) is 2.13. The van der Waals surface area contributed by atoms with E-state index in [1.807, 2.05) is 0 Å². The van der Waals surface area contributed by atoms with Gasteiger partial charge < -0.3 is 0 Å². The Morgan fingerprint density at radius 1 is 1.27 bits per heavy atom. The highest BCUT2D eigenvalue weighted by atomic mass is 79.9. The van der Waals surface area contributed by atoms with Gasteiger partial charge in [0.25, 0.3) is 0 Å². The molecule has 4 heteroatoms. The molecule has 0 bridgehead atoms. The van der Waals surface area contributed by atoms with E-state index in [-0.39, 0.29) is 0 Å². The summed E-state index contributed by atoms with van der Waals surface area (Å²) in [5.41, 5.74) is 2.59. The molecule has 1 aliphatic rings. The lowest BCUT2D eigenvalue weighted by atomic mass is 10.2. The first-order valence-corrected chi connectivity index (χ1v) is 6.53.